The van der Waals surface area contributed by atoms with E-state index in [0.717, 1.165) is 5.56 Å². The molecule has 25 heavy (non-hydrogen) atoms. The van der Waals surface area contributed by atoms with Crippen molar-refractivity contribution in [2.24, 2.45) is 0 Å². The minimum Gasteiger partial charge on any atom is -0.497 e. The Hall–Kier alpha value is -3.02. The first kappa shape index (κ1) is 16.8. The van der Waals surface area contributed by atoms with E-state index < -0.39 is 12.2 Å². The van der Waals surface area contributed by atoms with Gasteiger partial charge < -0.3 is 14.8 Å². The summed E-state index contributed by atoms with van der Waals surface area (Å²) in [6.07, 6.45) is -0.823. The van der Waals surface area contributed by atoms with Gasteiger partial charge in [-0.1, -0.05) is 23.8 Å². The van der Waals surface area contributed by atoms with Crippen molar-refractivity contribution < 1.29 is 19.1 Å². The van der Waals surface area contributed by atoms with Crippen molar-refractivity contribution in [2.45, 2.75) is 13.0 Å². The summed E-state index contributed by atoms with van der Waals surface area (Å²) in [7, 11) is 1.57. The predicted octanol–water partition coefficient (Wildman–Crippen LogP) is 2.76. The predicted molar refractivity (Wildman–Crippen MR) is 94.1 cm³/mol. The Kier molecular flexibility index (Phi) is 4.88. The van der Waals surface area contributed by atoms with Gasteiger partial charge in [0.1, 0.15) is 11.9 Å². The first-order valence-corrected chi connectivity index (χ1v) is 8.04. The van der Waals surface area contributed by atoms with Crippen LogP contribution in [-0.2, 0) is 4.74 Å². The Balaban J connectivity index is 1.59. The fourth-order valence-corrected chi connectivity index (χ4v) is 2.63. The summed E-state index contributed by atoms with van der Waals surface area (Å²) in [4.78, 5) is 25.8. The van der Waals surface area contributed by atoms with E-state index in [1.165, 1.54) is 4.90 Å². The normalized spacial score (nSPS) is 16.5. The second-order valence-electron chi connectivity index (χ2n) is 5.89. The quantitative estimate of drug-likeness (QED) is 0.909. The van der Waals surface area contributed by atoms with Crippen molar-refractivity contribution in [1.29, 1.82) is 0 Å². The zero-order valence-electron chi connectivity index (χ0n) is 14.2. The molecule has 2 aromatic carbocycles. The van der Waals surface area contributed by atoms with Crippen LogP contribution in [0.4, 0.5) is 10.5 Å². The number of amides is 2. The molecule has 0 aromatic heterocycles. The topological polar surface area (TPSA) is 67.9 Å². The molecule has 6 nitrogen and oxygen atoms in total. The maximum absolute atomic E-state index is 12.1. The number of ether oxygens (including phenoxy) is 2. The van der Waals surface area contributed by atoms with Crippen molar-refractivity contribution in [3.63, 3.8) is 0 Å². The number of hydrogen-bond donors (Lipinski definition) is 1. The van der Waals surface area contributed by atoms with Crippen LogP contribution in [0.5, 0.6) is 5.75 Å². The molecule has 1 saturated heterocycles. The first-order valence-electron chi connectivity index (χ1n) is 8.04. The van der Waals surface area contributed by atoms with Crippen LogP contribution in [0, 0.1) is 6.92 Å². The van der Waals surface area contributed by atoms with E-state index in [2.05, 4.69) is 5.32 Å². The van der Waals surface area contributed by atoms with Crippen molar-refractivity contribution in [3.05, 3.63) is 59.7 Å². The number of methoxy groups -OCH3 is 1. The van der Waals surface area contributed by atoms with Gasteiger partial charge in [-0.2, -0.15) is 0 Å². The minimum atomic E-state index is -0.428. The standard InChI is InChI=1S/C19H20N2O4/c1-13-6-8-14(9-7-13)18(22)20-11-17-12-21(19(23)25-17)15-4-3-5-16(10-15)24-2/h3-10,17H,11-12H2,1-2H3,(H,20,22). The van der Waals surface area contributed by atoms with Gasteiger partial charge in [-0.25, -0.2) is 4.79 Å². The number of hydrogen-bond acceptors (Lipinski definition) is 4. The molecule has 130 valence electrons. The molecule has 6 heteroatoms. The van der Waals surface area contributed by atoms with Gasteiger partial charge >= 0.3 is 6.09 Å². The Morgan fingerprint density at radius 3 is 2.76 bits per heavy atom. The van der Waals surface area contributed by atoms with Gasteiger partial charge in [0.15, 0.2) is 0 Å². The monoisotopic (exact) mass is 340 g/mol. The van der Waals surface area contributed by atoms with Crippen LogP contribution in [0.1, 0.15) is 15.9 Å². The summed E-state index contributed by atoms with van der Waals surface area (Å²) in [5.74, 6) is 0.484. The third kappa shape index (κ3) is 3.91. The lowest BCUT2D eigenvalue weighted by Crippen LogP contribution is -2.34. The molecule has 3 rings (SSSR count). The number of rotatable bonds is 5. The molecule has 0 aliphatic carbocycles. The Bertz CT molecular complexity index is 773. The average Bonchev–Trinajstić information content (AvgIpc) is 3.01. The number of benzene rings is 2. The van der Waals surface area contributed by atoms with Crippen molar-refractivity contribution in [2.75, 3.05) is 25.1 Å². The molecule has 0 radical (unpaired) electrons. The highest BCUT2D eigenvalue weighted by Crippen LogP contribution is 2.25. The number of aryl methyl sites for hydroxylation is 1. The maximum atomic E-state index is 12.1. The lowest BCUT2D eigenvalue weighted by Gasteiger charge is -2.14. The van der Waals surface area contributed by atoms with Crippen LogP contribution in [0.25, 0.3) is 0 Å². The largest absolute Gasteiger partial charge is 0.497 e. The van der Waals surface area contributed by atoms with E-state index in [-0.39, 0.29) is 12.5 Å². The van der Waals surface area contributed by atoms with Gasteiger partial charge in [0.05, 0.1) is 25.9 Å². The molecule has 0 saturated carbocycles. The molecule has 1 N–H and O–H groups in total. The number of nitrogens with one attached hydrogen (secondary N) is 1. The second kappa shape index (κ2) is 7.25. The van der Waals surface area contributed by atoms with Crippen LogP contribution in [0.2, 0.25) is 0 Å². The van der Waals surface area contributed by atoms with Gasteiger partial charge in [-0.3, -0.25) is 9.69 Å². The second-order valence-corrected chi connectivity index (χ2v) is 5.89. The van der Waals surface area contributed by atoms with E-state index in [9.17, 15) is 9.59 Å². The summed E-state index contributed by atoms with van der Waals surface area (Å²) >= 11 is 0. The van der Waals surface area contributed by atoms with Crippen molar-refractivity contribution in [1.82, 2.24) is 5.32 Å². The Morgan fingerprint density at radius 2 is 2.04 bits per heavy atom. The molecule has 1 aliphatic heterocycles. The van der Waals surface area contributed by atoms with Crippen molar-refractivity contribution >= 4 is 17.7 Å². The third-order valence-electron chi connectivity index (χ3n) is 4.04. The van der Waals surface area contributed by atoms with Crippen LogP contribution in [-0.4, -0.2) is 38.3 Å². The maximum Gasteiger partial charge on any atom is 0.414 e. The molecule has 2 aromatic rings. The van der Waals surface area contributed by atoms with E-state index in [0.29, 0.717) is 23.5 Å². The van der Waals surface area contributed by atoms with E-state index in [1.54, 1.807) is 25.3 Å². The molecule has 2 amide bonds. The van der Waals surface area contributed by atoms with Gasteiger partial charge in [0.25, 0.3) is 5.91 Å². The summed E-state index contributed by atoms with van der Waals surface area (Å²) < 4.78 is 10.5. The molecular weight excluding hydrogens is 320 g/mol. The summed E-state index contributed by atoms with van der Waals surface area (Å²) in [5.41, 5.74) is 2.38. The fourth-order valence-electron chi connectivity index (χ4n) is 2.63. The van der Waals surface area contributed by atoms with Crippen molar-refractivity contribution in [3.8, 4) is 5.75 Å². The van der Waals surface area contributed by atoms with Gasteiger partial charge in [-0.05, 0) is 31.2 Å². The van der Waals surface area contributed by atoms with Crippen LogP contribution in [0.15, 0.2) is 48.5 Å². The molecule has 1 aliphatic rings. The summed E-state index contributed by atoms with van der Waals surface area (Å²) in [5, 5.41) is 2.81. The summed E-state index contributed by atoms with van der Waals surface area (Å²) in [6.45, 7) is 2.60. The fraction of sp³-hybridized carbons (Fsp3) is 0.263. The van der Waals surface area contributed by atoms with Gasteiger partial charge in [0.2, 0.25) is 0 Å². The lowest BCUT2D eigenvalue weighted by molar-refractivity contribution is 0.0916. The number of anilines is 1. The third-order valence-corrected chi connectivity index (χ3v) is 4.04. The number of cyclic esters (lactones) is 1. The van der Waals surface area contributed by atoms with Crippen LogP contribution in [0.3, 0.4) is 0 Å². The van der Waals surface area contributed by atoms with E-state index in [1.807, 2.05) is 37.3 Å². The Labute approximate surface area is 146 Å². The summed E-state index contributed by atoms with van der Waals surface area (Å²) in [6, 6.07) is 14.5. The average molecular weight is 340 g/mol. The highest BCUT2D eigenvalue weighted by Gasteiger charge is 2.32. The molecule has 0 spiro atoms. The molecular formula is C19H20N2O4. The molecule has 1 heterocycles. The van der Waals surface area contributed by atoms with E-state index in [4.69, 9.17) is 9.47 Å². The number of carbonyl (C=O) groups is 2. The highest BCUT2D eigenvalue weighted by atomic mass is 16.6. The van der Waals surface area contributed by atoms with Crippen LogP contribution < -0.4 is 15.0 Å². The molecule has 1 unspecified atom stereocenters. The van der Waals surface area contributed by atoms with E-state index >= 15 is 0 Å². The van der Waals surface area contributed by atoms with Gasteiger partial charge in [-0.15, -0.1) is 0 Å². The zero-order valence-corrected chi connectivity index (χ0v) is 14.2. The minimum absolute atomic E-state index is 0.184. The zero-order chi connectivity index (χ0) is 17.8. The SMILES string of the molecule is COc1cccc(N2CC(CNC(=O)c3ccc(C)cc3)OC2=O)c1. The Morgan fingerprint density at radius 1 is 1.28 bits per heavy atom. The highest BCUT2D eigenvalue weighted by molar-refractivity contribution is 5.94. The van der Waals surface area contributed by atoms with Gasteiger partial charge in [0, 0.05) is 11.6 Å². The molecule has 1 atom stereocenters. The smallest absolute Gasteiger partial charge is 0.414 e. The molecule has 1 fully saturated rings. The lowest BCUT2D eigenvalue weighted by atomic mass is 10.1. The molecule has 0 bridgehead atoms. The first-order chi connectivity index (χ1) is 12.1. The number of nitrogens with zero attached hydrogens (tertiary/aromatic N) is 1. The van der Waals surface area contributed by atoms with Crippen LogP contribution >= 0.6 is 0 Å². The number of carbonyl (C=O) groups excluding carboxylic acids is 2.